The third-order valence-electron chi connectivity index (χ3n) is 5.95. The summed E-state index contributed by atoms with van der Waals surface area (Å²) in [7, 11) is 0. The molecule has 7 heteroatoms. The molecule has 1 aromatic heterocycles. The maximum absolute atomic E-state index is 12.9. The topological polar surface area (TPSA) is 67.4 Å². The molecule has 0 spiro atoms. The van der Waals surface area contributed by atoms with Crippen molar-refractivity contribution in [2.45, 2.75) is 33.6 Å². The molecule has 0 unspecified atom stereocenters. The molecule has 162 valence electrons. The number of carbonyl (C=O) groups is 1. The fourth-order valence-corrected chi connectivity index (χ4v) is 4.35. The quantitative estimate of drug-likeness (QED) is 0.536. The molecule has 31 heavy (non-hydrogen) atoms. The van der Waals surface area contributed by atoms with Crippen LogP contribution in [0, 0.1) is 19.8 Å². The number of para-hydroxylation sites is 2. The highest BCUT2D eigenvalue weighted by atomic mass is 79.9. The molecular formula is C24H27BrN4O2. The van der Waals surface area contributed by atoms with Gasteiger partial charge in [0.1, 0.15) is 0 Å². The standard InChI is InChI=1S/C24H27BrN4O2/c1-4-31-24-22(26-20-7-5-6-8-21(20)28-24)29-13-11-17(12-14-29)23(30)27-19-10-9-18(25)15(2)16(19)3/h5-10,17H,4,11-14H2,1-3H3,(H,27,30). The molecule has 1 saturated heterocycles. The second-order valence-corrected chi connectivity index (χ2v) is 8.72. The van der Waals surface area contributed by atoms with Crippen LogP contribution < -0.4 is 15.0 Å². The smallest absolute Gasteiger partial charge is 0.258 e. The van der Waals surface area contributed by atoms with Gasteiger partial charge in [0.05, 0.1) is 17.6 Å². The van der Waals surface area contributed by atoms with Crippen molar-refractivity contribution in [3.8, 4) is 5.88 Å². The van der Waals surface area contributed by atoms with Crippen LogP contribution >= 0.6 is 15.9 Å². The number of halogens is 1. The second-order valence-electron chi connectivity index (χ2n) is 7.87. The lowest BCUT2D eigenvalue weighted by Gasteiger charge is -2.32. The van der Waals surface area contributed by atoms with Gasteiger partial charge < -0.3 is 15.0 Å². The van der Waals surface area contributed by atoms with Gasteiger partial charge in [0.15, 0.2) is 5.82 Å². The Bertz CT molecular complexity index is 1110. The Balaban J connectivity index is 1.47. The van der Waals surface area contributed by atoms with Gasteiger partial charge in [-0.3, -0.25) is 4.79 Å². The van der Waals surface area contributed by atoms with E-state index in [0.717, 1.165) is 64.1 Å². The molecule has 0 saturated carbocycles. The molecule has 2 aromatic carbocycles. The Morgan fingerprint density at radius 2 is 1.77 bits per heavy atom. The lowest BCUT2D eigenvalue weighted by atomic mass is 9.95. The first-order valence-corrected chi connectivity index (χ1v) is 11.5. The number of piperidine rings is 1. The molecule has 1 amide bonds. The van der Waals surface area contributed by atoms with E-state index < -0.39 is 0 Å². The number of aromatic nitrogens is 2. The molecule has 0 bridgehead atoms. The molecule has 1 aliphatic heterocycles. The molecule has 1 N–H and O–H groups in total. The first-order chi connectivity index (χ1) is 15.0. The number of benzene rings is 2. The van der Waals surface area contributed by atoms with Crippen molar-refractivity contribution in [2.24, 2.45) is 5.92 Å². The third kappa shape index (κ3) is 4.51. The molecule has 1 aliphatic rings. The summed E-state index contributed by atoms with van der Waals surface area (Å²) in [4.78, 5) is 24.6. The maximum atomic E-state index is 12.9. The van der Waals surface area contributed by atoms with Crippen LogP contribution in [0.15, 0.2) is 40.9 Å². The van der Waals surface area contributed by atoms with Crippen LogP contribution in [0.3, 0.4) is 0 Å². The van der Waals surface area contributed by atoms with Crippen molar-refractivity contribution in [1.82, 2.24) is 9.97 Å². The number of nitrogens with zero attached hydrogens (tertiary/aromatic N) is 3. The van der Waals surface area contributed by atoms with Crippen LogP contribution in [-0.2, 0) is 4.79 Å². The average Bonchev–Trinajstić information content (AvgIpc) is 2.79. The van der Waals surface area contributed by atoms with E-state index in [-0.39, 0.29) is 11.8 Å². The predicted octanol–water partition coefficient (Wildman–Crippen LogP) is 5.26. The Morgan fingerprint density at radius 1 is 1.10 bits per heavy atom. The van der Waals surface area contributed by atoms with Crippen LogP contribution in [0.5, 0.6) is 5.88 Å². The van der Waals surface area contributed by atoms with Gasteiger partial charge in [-0.05, 0) is 69.0 Å². The summed E-state index contributed by atoms with van der Waals surface area (Å²) in [5, 5.41) is 3.13. The molecule has 0 aliphatic carbocycles. The highest BCUT2D eigenvalue weighted by Crippen LogP contribution is 2.32. The van der Waals surface area contributed by atoms with Crippen LogP contribution in [0.2, 0.25) is 0 Å². The van der Waals surface area contributed by atoms with Gasteiger partial charge in [-0.2, -0.15) is 0 Å². The minimum Gasteiger partial charge on any atom is -0.475 e. The van der Waals surface area contributed by atoms with Crippen molar-refractivity contribution in [3.05, 3.63) is 52.0 Å². The van der Waals surface area contributed by atoms with Crippen molar-refractivity contribution >= 4 is 44.4 Å². The first-order valence-electron chi connectivity index (χ1n) is 10.7. The van der Waals surface area contributed by atoms with Crippen molar-refractivity contribution < 1.29 is 9.53 Å². The summed E-state index contributed by atoms with van der Waals surface area (Å²) in [6, 6.07) is 11.8. The molecule has 4 rings (SSSR count). The number of anilines is 2. The summed E-state index contributed by atoms with van der Waals surface area (Å²) in [6.07, 6.45) is 1.53. The molecular weight excluding hydrogens is 456 g/mol. The van der Waals surface area contributed by atoms with Gasteiger partial charge >= 0.3 is 0 Å². The van der Waals surface area contributed by atoms with E-state index >= 15 is 0 Å². The van der Waals surface area contributed by atoms with Gasteiger partial charge in [-0.25, -0.2) is 9.97 Å². The van der Waals surface area contributed by atoms with Crippen LogP contribution in [-0.4, -0.2) is 35.6 Å². The minimum absolute atomic E-state index is 0.0245. The zero-order chi connectivity index (χ0) is 22.0. The monoisotopic (exact) mass is 482 g/mol. The van der Waals surface area contributed by atoms with Gasteiger partial charge in [0.25, 0.3) is 5.88 Å². The maximum Gasteiger partial charge on any atom is 0.258 e. The molecule has 0 atom stereocenters. The summed E-state index contributed by atoms with van der Waals surface area (Å²) in [5.74, 6) is 1.38. The van der Waals surface area contributed by atoms with E-state index in [0.29, 0.717) is 12.5 Å². The van der Waals surface area contributed by atoms with Crippen LogP contribution in [0.1, 0.15) is 30.9 Å². The van der Waals surface area contributed by atoms with Crippen molar-refractivity contribution in [3.63, 3.8) is 0 Å². The fourth-order valence-electron chi connectivity index (χ4n) is 3.93. The highest BCUT2D eigenvalue weighted by Gasteiger charge is 2.28. The zero-order valence-electron chi connectivity index (χ0n) is 18.1. The highest BCUT2D eigenvalue weighted by molar-refractivity contribution is 9.10. The Hall–Kier alpha value is -2.67. The summed E-state index contributed by atoms with van der Waals surface area (Å²) >= 11 is 3.54. The normalized spacial score (nSPS) is 14.6. The SMILES string of the molecule is CCOc1nc2ccccc2nc1N1CCC(C(=O)Nc2ccc(Br)c(C)c2C)CC1. The lowest BCUT2D eigenvalue weighted by Crippen LogP contribution is -2.39. The van der Waals surface area contributed by atoms with E-state index in [1.807, 2.05) is 57.2 Å². The third-order valence-corrected chi connectivity index (χ3v) is 6.81. The Labute approximate surface area is 191 Å². The number of hydrogen-bond acceptors (Lipinski definition) is 5. The second kappa shape index (κ2) is 9.22. The predicted molar refractivity (Wildman–Crippen MR) is 128 cm³/mol. The Morgan fingerprint density at radius 3 is 2.45 bits per heavy atom. The van der Waals surface area contributed by atoms with Gasteiger partial charge in [-0.15, -0.1) is 0 Å². The van der Waals surface area contributed by atoms with E-state index in [2.05, 4.69) is 31.1 Å². The number of nitrogens with one attached hydrogen (secondary N) is 1. The van der Waals surface area contributed by atoms with Crippen LogP contribution in [0.4, 0.5) is 11.5 Å². The van der Waals surface area contributed by atoms with Crippen molar-refractivity contribution in [2.75, 3.05) is 29.9 Å². The van der Waals surface area contributed by atoms with Crippen LogP contribution in [0.25, 0.3) is 11.0 Å². The number of rotatable bonds is 5. The van der Waals surface area contributed by atoms with Gasteiger partial charge in [0.2, 0.25) is 5.91 Å². The molecule has 1 fully saturated rings. The van der Waals surface area contributed by atoms with Gasteiger partial charge in [0, 0.05) is 29.2 Å². The fraction of sp³-hybridized carbons (Fsp3) is 0.375. The van der Waals surface area contributed by atoms with Crippen molar-refractivity contribution in [1.29, 1.82) is 0 Å². The number of hydrogen-bond donors (Lipinski definition) is 1. The summed E-state index contributed by atoms with van der Waals surface area (Å²) in [5.41, 5.74) is 4.79. The first kappa shape index (κ1) is 21.6. The molecule has 6 nitrogen and oxygen atoms in total. The van der Waals surface area contributed by atoms with Gasteiger partial charge in [-0.1, -0.05) is 28.1 Å². The number of ether oxygens (including phenoxy) is 1. The Kier molecular flexibility index (Phi) is 6.41. The van der Waals surface area contributed by atoms with E-state index in [4.69, 9.17) is 9.72 Å². The number of amides is 1. The molecule has 0 radical (unpaired) electrons. The zero-order valence-corrected chi connectivity index (χ0v) is 19.7. The molecule has 3 aromatic rings. The van der Waals surface area contributed by atoms with E-state index in [1.54, 1.807) is 0 Å². The summed E-state index contributed by atoms with van der Waals surface area (Å²) in [6.45, 7) is 8.04. The number of fused-ring (bicyclic) bond motifs is 1. The largest absolute Gasteiger partial charge is 0.475 e. The summed E-state index contributed by atoms with van der Waals surface area (Å²) < 4.78 is 6.84. The average molecular weight is 483 g/mol. The van der Waals surface area contributed by atoms with E-state index in [9.17, 15) is 4.79 Å². The lowest BCUT2D eigenvalue weighted by molar-refractivity contribution is -0.120. The molecule has 2 heterocycles. The van der Waals surface area contributed by atoms with E-state index in [1.165, 1.54) is 0 Å². The minimum atomic E-state index is -0.0245. The number of carbonyl (C=O) groups excluding carboxylic acids is 1.